The van der Waals surface area contributed by atoms with Crippen LogP contribution in [0.3, 0.4) is 0 Å². The summed E-state index contributed by atoms with van der Waals surface area (Å²) in [6.45, 7) is 1.73. The number of rotatable bonds is 1. The molecule has 1 fully saturated rings. The lowest BCUT2D eigenvalue weighted by molar-refractivity contribution is 0.610. The molecule has 1 saturated heterocycles. The van der Waals surface area contributed by atoms with Crippen molar-refractivity contribution >= 4 is 0 Å². The minimum Gasteiger partial charge on any atom is -0.315 e. The Balaban J connectivity index is 2.38. The highest BCUT2D eigenvalue weighted by Crippen LogP contribution is 2.29. The second-order valence-corrected chi connectivity index (χ2v) is 3.49. The molecule has 0 radical (unpaired) electrons. The third-order valence-electron chi connectivity index (χ3n) is 2.70. The van der Waals surface area contributed by atoms with Crippen molar-refractivity contribution in [1.82, 2.24) is 5.32 Å². The third-order valence-corrected chi connectivity index (χ3v) is 2.70. The molecule has 1 heterocycles. The molecule has 1 aliphatic rings. The summed E-state index contributed by atoms with van der Waals surface area (Å²) in [6.07, 6.45) is 0.924. The molecule has 2 heteroatoms. The average molecular weight is 172 g/mol. The first-order valence-corrected chi connectivity index (χ1v) is 4.55. The molecule has 1 atom stereocenters. The summed E-state index contributed by atoms with van der Waals surface area (Å²) in [5, 5.41) is 12.4. The fourth-order valence-electron chi connectivity index (χ4n) is 1.86. The Morgan fingerprint density at radius 1 is 1.31 bits per heavy atom. The van der Waals surface area contributed by atoms with Crippen molar-refractivity contribution in [2.24, 2.45) is 0 Å². The Kier molecular flexibility index (Phi) is 2.03. The van der Waals surface area contributed by atoms with E-state index in [9.17, 15) is 5.26 Å². The maximum absolute atomic E-state index is 9.18. The van der Waals surface area contributed by atoms with Crippen molar-refractivity contribution in [2.75, 3.05) is 13.1 Å². The fourth-order valence-corrected chi connectivity index (χ4v) is 1.86. The van der Waals surface area contributed by atoms with E-state index < -0.39 is 0 Å². The van der Waals surface area contributed by atoms with Crippen LogP contribution in [-0.2, 0) is 5.41 Å². The SMILES string of the molecule is N#C[C@]1(c2ccccc2)CCNC1. The minimum atomic E-state index is -0.277. The lowest BCUT2D eigenvalue weighted by Crippen LogP contribution is -2.26. The predicted molar refractivity (Wildman–Crippen MR) is 51.2 cm³/mol. The zero-order valence-electron chi connectivity index (χ0n) is 7.46. The van der Waals surface area contributed by atoms with Crippen LogP contribution >= 0.6 is 0 Å². The Morgan fingerprint density at radius 3 is 2.62 bits per heavy atom. The molecule has 2 nitrogen and oxygen atoms in total. The van der Waals surface area contributed by atoms with E-state index in [4.69, 9.17) is 0 Å². The van der Waals surface area contributed by atoms with Gasteiger partial charge in [-0.3, -0.25) is 0 Å². The van der Waals surface area contributed by atoms with Crippen molar-refractivity contribution in [3.63, 3.8) is 0 Å². The van der Waals surface area contributed by atoms with Crippen LogP contribution < -0.4 is 5.32 Å². The Labute approximate surface area is 78.2 Å². The molecule has 0 bridgehead atoms. The Hall–Kier alpha value is -1.33. The molecule has 13 heavy (non-hydrogen) atoms. The van der Waals surface area contributed by atoms with Crippen molar-refractivity contribution in [3.05, 3.63) is 35.9 Å². The second-order valence-electron chi connectivity index (χ2n) is 3.49. The van der Waals surface area contributed by atoms with Gasteiger partial charge in [-0.25, -0.2) is 0 Å². The monoisotopic (exact) mass is 172 g/mol. The summed E-state index contributed by atoms with van der Waals surface area (Å²) < 4.78 is 0. The van der Waals surface area contributed by atoms with Gasteiger partial charge in [0.25, 0.3) is 0 Å². The van der Waals surface area contributed by atoms with Crippen LogP contribution in [0.15, 0.2) is 30.3 Å². The van der Waals surface area contributed by atoms with Crippen LogP contribution in [0.4, 0.5) is 0 Å². The van der Waals surface area contributed by atoms with Crippen LogP contribution in [0.1, 0.15) is 12.0 Å². The first-order valence-electron chi connectivity index (χ1n) is 4.55. The first kappa shape index (κ1) is 8.28. The predicted octanol–water partition coefficient (Wildman–Crippen LogP) is 1.44. The fraction of sp³-hybridized carbons (Fsp3) is 0.364. The van der Waals surface area contributed by atoms with E-state index in [0.29, 0.717) is 0 Å². The van der Waals surface area contributed by atoms with Gasteiger partial charge < -0.3 is 5.32 Å². The molecular formula is C11H12N2. The number of benzene rings is 1. The number of nitrogens with zero attached hydrogens (tertiary/aromatic N) is 1. The first-order chi connectivity index (χ1) is 6.37. The Morgan fingerprint density at radius 2 is 2.08 bits per heavy atom. The molecular weight excluding hydrogens is 160 g/mol. The summed E-state index contributed by atoms with van der Waals surface area (Å²) in [5.74, 6) is 0. The van der Waals surface area contributed by atoms with Gasteiger partial charge in [0, 0.05) is 6.54 Å². The van der Waals surface area contributed by atoms with Crippen molar-refractivity contribution in [1.29, 1.82) is 5.26 Å². The zero-order valence-corrected chi connectivity index (χ0v) is 7.46. The zero-order chi connectivity index (χ0) is 9.15. The van der Waals surface area contributed by atoms with Gasteiger partial charge in [0.1, 0.15) is 0 Å². The van der Waals surface area contributed by atoms with Gasteiger partial charge in [-0.1, -0.05) is 30.3 Å². The lowest BCUT2D eigenvalue weighted by Gasteiger charge is -2.19. The van der Waals surface area contributed by atoms with Crippen molar-refractivity contribution in [2.45, 2.75) is 11.8 Å². The smallest absolute Gasteiger partial charge is 0.0958 e. The van der Waals surface area contributed by atoms with Crippen molar-refractivity contribution < 1.29 is 0 Å². The standard InChI is InChI=1S/C11H12N2/c12-8-11(6-7-13-9-11)10-4-2-1-3-5-10/h1-5,13H,6-7,9H2/t11-/m1/s1. The summed E-state index contributed by atoms with van der Waals surface area (Å²) in [6, 6.07) is 12.5. The molecule has 0 aliphatic carbocycles. The van der Waals surface area contributed by atoms with Gasteiger partial charge in [-0.2, -0.15) is 5.26 Å². The highest BCUT2D eigenvalue weighted by Gasteiger charge is 2.35. The largest absolute Gasteiger partial charge is 0.315 e. The van der Waals surface area contributed by atoms with E-state index in [1.807, 2.05) is 30.3 Å². The molecule has 1 aliphatic heterocycles. The summed E-state index contributed by atoms with van der Waals surface area (Å²) in [5.41, 5.74) is 0.865. The number of nitrogens with one attached hydrogen (secondary N) is 1. The quantitative estimate of drug-likeness (QED) is 0.695. The molecule has 1 aromatic carbocycles. The van der Waals surface area contributed by atoms with Crippen LogP contribution in [0.5, 0.6) is 0 Å². The van der Waals surface area contributed by atoms with Gasteiger partial charge in [0.15, 0.2) is 0 Å². The molecule has 0 spiro atoms. The van der Waals surface area contributed by atoms with Crippen LogP contribution in [-0.4, -0.2) is 13.1 Å². The van der Waals surface area contributed by atoms with E-state index in [1.165, 1.54) is 0 Å². The average Bonchev–Trinajstić information content (AvgIpc) is 2.69. The summed E-state index contributed by atoms with van der Waals surface area (Å²) >= 11 is 0. The maximum atomic E-state index is 9.18. The van der Waals surface area contributed by atoms with E-state index in [1.54, 1.807) is 0 Å². The normalized spacial score (nSPS) is 27.0. The molecule has 0 saturated carbocycles. The minimum absolute atomic E-state index is 0.277. The number of hydrogen-bond acceptors (Lipinski definition) is 2. The van der Waals surface area contributed by atoms with Gasteiger partial charge in [-0.15, -0.1) is 0 Å². The van der Waals surface area contributed by atoms with E-state index in [2.05, 4.69) is 11.4 Å². The molecule has 0 amide bonds. The molecule has 66 valence electrons. The van der Waals surface area contributed by atoms with E-state index in [0.717, 1.165) is 25.1 Å². The van der Waals surface area contributed by atoms with E-state index in [-0.39, 0.29) is 5.41 Å². The topological polar surface area (TPSA) is 35.8 Å². The molecule has 1 N–H and O–H groups in total. The van der Waals surface area contributed by atoms with Gasteiger partial charge in [-0.05, 0) is 18.5 Å². The number of nitriles is 1. The Bertz CT molecular complexity index is 318. The second kappa shape index (κ2) is 3.20. The van der Waals surface area contributed by atoms with Crippen LogP contribution in [0, 0.1) is 11.3 Å². The maximum Gasteiger partial charge on any atom is 0.0958 e. The molecule has 2 rings (SSSR count). The molecule has 0 aromatic heterocycles. The van der Waals surface area contributed by atoms with E-state index >= 15 is 0 Å². The highest BCUT2D eigenvalue weighted by atomic mass is 14.9. The molecule has 1 aromatic rings. The molecule has 0 unspecified atom stereocenters. The van der Waals surface area contributed by atoms with Gasteiger partial charge in [0.05, 0.1) is 11.5 Å². The van der Waals surface area contributed by atoms with Crippen LogP contribution in [0.2, 0.25) is 0 Å². The highest BCUT2D eigenvalue weighted by molar-refractivity contribution is 5.34. The summed E-state index contributed by atoms with van der Waals surface area (Å²) in [4.78, 5) is 0. The van der Waals surface area contributed by atoms with Crippen LogP contribution in [0.25, 0.3) is 0 Å². The van der Waals surface area contributed by atoms with Crippen molar-refractivity contribution in [3.8, 4) is 6.07 Å². The van der Waals surface area contributed by atoms with Gasteiger partial charge in [0.2, 0.25) is 0 Å². The summed E-state index contributed by atoms with van der Waals surface area (Å²) in [7, 11) is 0. The number of hydrogen-bond donors (Lipinski definition) is 1. The van der Waals surface area contributed by atoms with Gasteiger partial charge >= 0.3 is 0 Å². The lowest BCUT2D eigenvalue weighted by atomic mass is 9.81. The third kappa shape index (κ3) is 1.32.